The first kappa shape index (κ1) is 23.1. The predicted molar refractivity (Wildman–Crippen MR) is 123 cm³/mol. The molecule has 174 valence electrons. The van der Waals surface area contributed by atoms with Crippen molar-refractivity contribution in [3.05, 3.63) is 53.3 Å². The highest BCUT2D eigenvalue weighted by Crippen LogP contribution is 2.27. The highest BCUT2D eigenvalue weighted by atomic mass is 32.2. The third-order valence-corrected chi connectivity index (χ3v) is 7.99. The van der Waals surface area contributed by atoms with E-state index in [9.17, 15) is 13.2 Å². The molecule has 1 fully saturated rings. The fraction of sp³-hybridized carbons (Fsp3) is 0.286. The number of thiazole rings is 1. The first-order valence-corrected chi connectivity index (χ1v) is 12.4. The number of amidine groups is 1. The van der Waals surface area contributed by atoms with E-state index in [-0.39, 0.29) is 42.4 Å². The molecule has 1 aromatic heterocycles. The monoisotopic (exact) mass is 491 g/mol. The highest BCUT2D eigenvalue weighted by Gasteiger charge is 2.30. The van der Waals surface area contributed by atoms with Crippen molar-refractivity contribution < 1.29 is 22.3 Å². The van der Waals surface area contributed by atoms with E-state index >= 15 is 4.39 Å². The van der Waals surface area contributed by atoms with Gasteiger partial charge in [-0.15, -0.1) is 11.3 Å². The number of hydrogen-bond donors (Lipinski definition) is 2. The van der Waals surface area contributed by atoms with Gasteiger partial charge in [-0.2, -0.15) is 4.31 Å². The molecule has 1 saturated heterocycles. The number of hydrogen-bond acceptors (Lipinski definition) is 8. The van der Waals surface area contributed by atoms with Crippen molar-refractivity contribution in [2.45, 2.75) is 17.9 Å². The van der Waals surface area contributed by atoms with Gasteiger partial charge >= 0.3 is 5.97 Å². The minimum absolute atomic E-state index is 0.192. The number of carbonyl (C=O) groups is 1. The molecule has 33 heavy (non-hydrogen) atoms. The summed E-state index contributed by atoms with van der Waals surface area (Å²) in [4.78, 5) is 17.7. The first-order valence-electron chi connectivity index (χ1n) is 10.1. The molecular formula is C21H22FN5O4S2. The molecule has 0 amide bonds. The number of nitrogens with zero attached hydrogens (tertiary/aromatic N) is 3. The number of piperazine rings is 1. The molecule has 12 heteroatoms. The predicted octanol–water partition coefficient (Wildman–Crippen LogP) is 2.32. The number of rotatable bonds is 7. The molecule has 0 bridgehead atoms. The van der Waals surface area contributed by atoms with Gasteiger partial charge in [0.1, 0.15) is 18.9 Å². The molecule has 3 N–H and O–H groups in total. The van der Waals surface area contributed by atoms with E-state index in [1.54, 1.807) is 40.7 Å². The molecule has 9 nitrogen and oxygen atoms in total. The smallest absolute Gasteiger partial charge is 0.313 e. The van der Waals surface area contributed by atoms with Crippen LogP contribution >= 0.6 is 11.3 Å². The lowest BCUT2D eigenvalue weighted by atomic mass is 10.1. The fourth-order valence-corrected chi connectivity index (χ4v) is 5.84. The van der Waals surface area contributed by atoms with E-state index in [0.717, 1.165) is 10.2 Å². The van der Waals surface area contributed by atoms with Gasteiger partial charge in [-0.05, 0) is 24.3 Å². The summed E-state index contributed by atoms with van der Waals surface area (Å²) in [6.07, 6.45) is -0.353. The van der Waals surface area contributed by atoms with Crippen molar-refractivity contribution in [1.29, 1.82) is 5.41 Å². The Morgan fingerprint density at radius 1 is 1.21 bits per heavy atom. The Hall–Kier alpha value is -3.09. The lowest BCUT2D eigenvalue weighted by molar-refractivity contribution is -0.143. The normalized spacial score (nSPS) is 15.0. The molecule has 2 heterocycles. The number of benzene rings is 2. The van der Waals surface area contributed by atoms with Gasteiger partial charge in [0, 0.05) is 31.7 Å². The first-order chi connectivity index (χ1) is 15.8. The topological polar surface area (TPSA) is 130 Å². The minimum atomic E-state index is -3.68. The Kier molecular flexibility index (Phi) is 6.58. The van der Waals surface area contributed by atoms with E-state index in [1.807, 2.05) is 0 Å². The van der Waals surface area contributed by atoms with Gasteiger partial charge in [-0.1, -0.05) is 12.1 Å². The number of fused-ring (bicyclic) bond motifs is 1. The molecule has 2 aromatic carbocycles. The number of carbonyl (C=O) groups excluding carboxylic acids is 1. The maximum absolute atomic E-state index is 15.0. The molecule has 1 aliphatic heterocycles. The summed E-state index contributed by atoms with van der Waals surface area (Å²) in [5, 5.41) is 7.11. The Bertz CT molecular complexity index is 1300. The summed E-state index contributed by atoms with van der Waals surface area (Å²) in [6, 6.07) is 9.65. The zero-order valence-electron chi connectivity index (χ0n) is 17.5. The van der Waals surface area contributed by atoms with Crippen LogP contribution < -0.4 is 10.6 Å². The van der Waals surface area contributed by atoms with E-state index in [4.69, 9.17) is 15.9 Å². The zero-order valence-corrected chi connectivity index (χ0v) is 19.2. The third kappa shape index (κ3) is 4.97. The summed E-state index contributed by atoms with van der Waals surface area (Å²) in [5.41, 5.74) is 8.10. The van der Waals surface area contributed by atoms with Crippen LogP contribution in [0.15, 0.2) is 46.8 Å². The van der Waals surface area contributed by atoms with Gasteiger partial charge in [-0.3, -0.25) is 10.2 Å². The van der Waals surface area contributed by atoms with Crippen LogP contribution in [0.4, 0.5) is 10.1 Å². The summed E-state index contributed by atoms with van der Waals surface area (Å²) in [5.74, 6) is -1.56. The number of aromatic nitrogens is 1. The van der Waals surface area contributed by atoms with Crippen molar-refractivity contribution in [3.63, 3.8) is 0 Å². The van der Waals surface area contributed by atoms with E-state index in [1.165, 1.54) is 21.7 Å². The molecule has 3 aromatic rings. The zero-order chi connectivity index (χ0) is 23.6. The van der Waals surface area contributed by atoms with Gasteiger partial charge in [-0.25, -0.2) is 17.8 Å². The second-order valence-electron chi connectivity index (χ2n) is 7.49. The summed E-state index contributed by atoms with van der Waals surface area (Å²) in [6.45, 7) is 0.764. The molecule has 1 aliphatic rings. The van der Waals surface area contributed by atoms with Crippen LogP contribution in [-0.4, -0.2) is 55.7 Å². The van der Waals surface area contributed by atoms with Gasteiger partial charge in [0.05, 0.1) is 26.3 Å². The second-order valence-corrected chi connectivity index (χ2v) is 10.3. The van der Waals surface area contributed by atoms with E-state index < -0.39 is 21.8 Å². The average molecular weight is 492 g/mol. The Morgan fingerprint density at radius 2 is 1.97 bits per heavy atom. The number of ether oxygens (including phenoxy) is 1. The summed E-state index contributed by atoms with van der Waals surface area (Å²) in [7, 11) is -3.68. The number of halogens is 1. The van der Waals surface area contributed by atoms with Crippen molar-refractivity contribution in [3.8, 4) is 0 Å². The Morgan fingerprint density at radius 3 is 2.70 bits per heavy atom. The van der Waals surface area contributed by atoms with Gasteiger partial charge < -0.3 is 15.4 Å². The third-order valence-electron chi connectivity index (χ3n) is 5.30. The lowest BCUT2D eigenvalue weighted by Gasteiger charge is -2.35. The van der Waals surface area contributed by atoms with Gasteiger partial charge in [0.15, 0.2) is 5.82 Å². The van der Waals surface area contributed by atoms with Crippen LogP contribution in [0.1, 0.15) is 12.0 Å². The molecule has 0 radical (unpaired) electrons. The minimum Gasteiger partial charge on any atom is -0.460 e. The molecule has 0 unspecified atom stereocenters. The van der Waals surface area contributed by atoms with Gasteiger partial charge in [0.2, 0.25) is 10.0 Å². The molecule has 0 spiro atoms. The summed E-state index contributed by atoms with van der Waals surface area (Å²) < 4.78 is 48.4. The SMILES string of the molecule is N=C(N)CC(=O)OCc1cccc(N2CCN(S(=O)(=O)c3ccc4ncsc4c3)CC2)c1F. The average Bonchev–Trinajstić information content (AvgIpc) is 3.26. The van der Waals surface area contributed by atoms with Crippen molar-refractivity contribution >= 4 is 49.1 Å². The second kappa shape index (κ2) is 9.41. The molecule has 4 rings (SSSR count). The van der Waals surface area contributed by atoms with Crippen LogP contribution in [-0.2, 0) is 26.2 Å². The molecule has 0 aliphatic carbocycles. The number of anilines is 1. The van der Waals surface area contributed by atoms with Crippen molar-refractivity contribution in [1.82, 2.24) is 9.29 Å². The fourth-order valence-electron chi connectivity index (χ4n) is 3.60. The lowest BCUT2D eigenvalue weighted by Crippen LogP contribution is -2.49. The van der Waals surface area contributed by atoms with Crippen LogP contribution in [0.2, 0.25) is 0 Å². The maximum Gasteiger partial charge on any atom is 0.313 e. The van der Waals surface area contributed by atoms with Crippen LogP contribution in [0, 0.1) is 11.2 Å². The number of nitrogens with one attached hydrogen (secondary N) is 1. The number of nitrogens with two attached hydrogens (primary N) is 1. The van der Waals surface area contributed by atoms with Crippen molar-refractivity contribution in [2.75, 3.05) is 31.1 Å². The van der Waals surface area contributed by atoms with Gasteiger partial charge in [0.25, 0.3) is 0 Å². The standard InChI is InChI=1S/C21H22FN5O4S2/c22-21-14(12-31-20(28)11-19(23)24)2-1-3-17(21)26-6-8-27(9-7-26)33(29,30)15-4-5-16-18(10-15)32-13-25-16/h1-5,10,13H,6-9,11-12H2,(H3,23,24). The highest BCUT2D eigenvalue weighted by molar-refractivity contribution is 7.89. The largest absolute Gasteiger partial charge is 0.460 e. The molecule has 0 saturated carbocycles. The van der Waals surface area contributed by atoms with Crippen molar-refractivity contribution in [2.24, 2.45) is 5.73 Å². The molecular weight excluding hydrogens is 469 g/mol. The van der Waals surface area contributed by atoms with E-state index in [0.29, 0.717) is 18.8 Å². The van der Waals surface area contributed by atoms with Crippen LogP contribution in [0.25, 0.3) is 10.2 Å². The quantitative estimate of drug-likeness (QED) is 0.295. The Labute approximate surface area is 194 Å². The maximum atomic E-state index is 15.0. The summed E-state index contributed by atoms with van der Waals surface area (Å²) >= 11 is 1.38. The van der Waals surface area contributed by atoms with E-state index in [2.05, 4.69) is 4.98 Å². The van der Waals surface area contributed by atoms with Crippen LogP contribution in [0.3, 0.4) is 0 Å². The molecule has 0 atom stereocenters. The Balaban J connectivity index is 1.43. The van der Waals surface area contributed by atoms with Crippen LogP contribution in [0.5, 0.6) is 0 Å². The number of esters is 1. The number of sulfonamides is 1.